The molecule has 3 nitrogen and oxygen atoms in total. The van der Waals surface area contributed by atoms with Gasteiger partial charge in [0.1, 0.15) is 0 Å². The molecule has 0 bridgehead atoms. The number of nitrogens with two attached hydrogens (primary N) is 1. The fourth-order valence-corrected chi connectivity index (χ4v) is 2.13. The summed E-state index contributed by atoms with van der Waals surface area (Å²) in [7, 11) is 0. The average molecular weight is 312 g/mol. The summed E-state index contributed by atoms with van der Waals surface area (Å²) in [6.07, 6.45) is -5.11. The lowest BCUT2D eigenvalue weighted by atomic mass is 10.3. The van der Waals surface area contributed by atoms with E-state index >= 15 is 0 Å². The molecule has 0 unspecified atom stereocenters. The van der Waals surface area contributed by atoms with Gasteiger partial charge in [0, 0.05) is 13.0 Å². The summed E-state index contributed by atoms with van der Waals surface area (Å²) in [5.41, 5.74) is 6.78. The number of benzene rings is 1. The lowest BCUT2D eigenvalue weighted by molar-refractivity contribution is -0.135. The zero-order chi connectivity index (χ0) is 14.2. The van der Waals surface area contributed by atoms with Crippen molar-refractivity contribution in [3.05, 3.63) is 22.2 Å². The third-order valence-corrected chi connectivity index (χ3v) is 3.38. The van der Waals surface area contributed by atoms with Gasteiger partial charge in [0.25, 0.3) is 0 Å². The maximum absolute atomic E-state index is 12.1. The van der Waals surface area contributed by atoms with Gasteiger partial charge in [-0.05, 0) is 18.6 Å². The van der Waals surface area contributed by atoms with Crippen molar-refractivity contribution >= 4 is 40.2 Å². The van der Waals surface area contributed by atoms with E-state index in [-0.39, 0.29) is 18.9 Å². The number of anilines is 1. The van der Waals surface area contributed by atoms with Gasteiger partial charge in [-0.25, -0.2) is 4.98 Å². The lowest BCUT2D eigenvalue weighted by Gasteiger charge is -2.09. The zero-order valence-electron chi connectivity index (χ0n) is 9.64. The van der Waals surface area contributed by atoms with Crippen LogP contribution in [-0.2, 0) is 6.54 Å². The van der Waals surface area contributed by atoms with Gasteiger partial charge >= 0.3 is 6.18 Å². The third-order valence-electron chi connectivity index (χ3n) is 2.66. The van der Waals surface area contributed by atoms with Crippen LogP contribution in [0.3, 0.4) is 0 Å². The first-order chi connectivity index (χ1) is 8.78. The van der Waals surface area contributed by atoms with Crippen LogP contribution in [0.1, 0.15) is 12.8 Å². The number of imidazole rings is 1. The summed E-state index contributed by atoms with van der Waals surface area (Å²) >= 11 is 11.7. The lowest BCUT2D eigenvalue weighted by Crippen LogP contribution is -2.10. The van der Waals surface area contributed by atoms with Crippen LogP contribution in [0, 0.1) is 0 Å². The van der Waals surface area contributed by atoms with Gasteiger partial charge < -0.3 is 10.3 Å². The summed E-state index contributed by atoms with van der Waals surface area (Å²) in [6, 6.07) is 3.09. The first kappa shape index (κ1) is 14.3. The van der Waals surface area contributed by atoms with E-state index in [0.29, 0.717) is 21.1 Å². The van der Waals surface area contributed by atoms with Crippen molar-refractivity contribution in [2.24, 2.45) is 0 Å². The second kappa shape index (κ2) is 5.09. The number of nitrogen functional groups attached to an aromatic ring is 1. The van der Waals surface area contributed by atoms with Crippen molar-refractivity contribution in [1.29, 1.82) is 0 Å². The zero-order valence-corrected chi connectivity index (χ0v) is 11.1. The molecule has 19 heavy (non-hydrogen) atoms. The minimum absolute atomic E-state index is 0.0700. The highest BCUT2D eigenvalue weighted by atomic mass is 35.5. The number of aryl methyl sites for hydroxylation is 1. The molecule has 0 saturated carbocycles. The van der Waals surface area contributed by atoms with Gasteiger partial charge in [0.15, 0.2) is 0 Å². The molecule has 0 fully saturated rings. The fraction of sp³-hybridized carbons (Fsp3) is 0.364. The normalized spacial score (nSPS) is 12.3. The molecule has 1 heterocycles. The molecule has 1 aromatic heterocycles. The largest absolute Gasteiger partial charge is 0.389 e. The Kier molecular flexibility index (Phi) is 3.82. The van der Waals surface area contributed by atoms with Crippen molar-refractivity contribution < 1.29 is 13.2 Å². The molecule has 0 aliphatic carbocycles. The molecule has 104 valence electrons. The van der Waals surface area contributed by atoms with Gasteiger partial charge in [-0.1, -0.05) is 23.2 Å². The number of hydrogen-bond donors (Lipinski definition) is 1. The third kappa shape index (κ3) is 3.25. The number of nitrogens with zero attached hydrogens (tertiary/aromatic N) is 2. The molecule has 0 spiro atoms. The van der Waals surface area contributed by atoms with E-state index in [2.05, 4.69) is 4.98 Å². The van der Waals surface area contributed by atoms with E-state index in [0.717, 1.165) is 0 Å². The van der Waals surface area contributed by atoms with E-state index in [1.54, 1.807) is 6.07 Å². The van der Waals surface area contributed by atoms with Crippen LogP contribution in [0.15, 0.2) is 12.1 Å². The van der Waals surface area contributed by atoms with Crippen molar-refractivity contribution in [2.75, 3.05) is 5.73 Å². The smallest absolute Gasteiger partial charge is 0.369 e. The van der Waals surface area contributed by atoms with Crippen LogP contribution in [0.25, 0.3) is 11.0 Å². The molecule has 0 radical (unpaired) electrons. The standard InChI is InChI=1S/C11H10Cl2F3N3/c12-6-4-8-9(5-7(6)13)19(10(17)18-8)3-1-2-11(14,15)16/h4-5H,1-3H2,(H2,17,18). The number of hydrogen-bond acceptors (Lipinski definition) is 2. The molecular weight excluding hydrogens is 302 g/mol. The van der Waals surface area contributed by atoms with Crippen LogP contribution in [0.4, 0.5) is 19.1 Å². The van der Waals surface area contributed by atoms with E-state index in [1.165, 1.54) is 10.6 Å². The Morgan fingerprint density at radius 2 is 1.84 bits per heavy atom. The molecular formula is C11H10Cl2F3N3. The molecule has 2 N–H and O–H groups in total. The maximum atomic E-state index is 12.1. The highest BCUT2D eigenvalue weighted by molar-refractivity contribution is 6.42. The van der Waals surface area contributed by atoms with Gasteiger partial charge in [-0.3, -0.25) is 0 Å². The Bertz CT molecular complexity index is 607. The number of alkyl halides is 3. The quantitative estimate of drug-likeness (QED) is 0.920. The van der Waals surface area contributed by atoms with Crippen molar-refractivity contribution in [3.8, 4) is 0 Å². The minimum Gasteiger partial charge on any atom is -0.369 e. The Balaban J connectivity index is 2.27. The molecule has 0 aliphatic heterocycles. The Morgan fingerprint density at radius 1 is 1.21 bits per heavy atom. The number of fused-ring (bicyclic) bond motifs is 1. The van der Waals surface area contributed by atoms with Gasteiger partial charge in [0.05, 0.1) is 21.1 Å². The van der Waals surface area contributed by atoms with Crippen molar-refractivity contribution in [1.82, 2.24) is 9.55 Å². The van der Waals surface area contributed by atoms with Crippen LogP contribution in [-0.4, -0.2) is 15.7 Å². The van der Waals surface area contributed by atoms with Crippen molar-refractivity contribution in [2.45, 2.75) is 25.6 Å². The molecule has 0 saturated heterocycles. The molecule has 1 aromatic carbocycles. The van der Waals surface area contributed by atoms with E-state index in [9.17, 15) is 13.2 Å². The molecule has 8 heteroatoms. The van der Waals surface area contributed by atoms with E-state index in [4.69, 9.17) is 28.9 Å². The highest BCUT2D eigenvalue weighted by Gasteiger charge is 2.26. The van der Waals surface area contributed by atoms with Gasteiger partial charge in [-0.15, -0.1) is 0 Å². The van der Waals surface area contributed by atoms with E-state index in [1.807, 2.05) is 0 Å². The predicted molar refractivity (Wildman–Crippen MR) is 69.5 cm³/mol. The maximum Gasteiger partial charge on any atom is 0.389 e. The summed E-state index contributed by atoms with van der Waals surface area (Å²) in [5.74, 6) is 0.149. The number of halogens is 5. The van der Waals surface area contributed by atoms with Crippen LogP contribution in [0.2, 0.25) is 10.0 Å². The number of aromatic nitrogens is 2. The Labute approximate surface area is 117 Å². The molecule has 0 amide bonds. The average Bonchev–Trinajstić information content (AvgIpc) is 2.55. The van der Waals surface area contributed by atoms with Crippen molar-refractivity contribution in [3.63, 3.8) is 0 Å². The SMILES string of the molecule is Nc1nc2cc(Cl)c(Cl)cc2n1CCCC(F)(F)F. The highest BCUT2D eigenvalue weighted by Crippen LogP contribution is 2.29. The van der Waals surface area contributed by atoms with Crippen LogP contribution < -0.4 is 5.73 Å². The molecule has 0 aliphatic rings. The van der Waals surface area contributed by atoms with Crippen LogP contribution in [0.5, 0.6) is 0 Å². The number of rotatable bonds is 3. The molecule has 0 atom stereocenters. The molecule has 2 aromatic rings. The van der Waals surface area contributed by atoms with E-state index < -0.39 is 12.6 Å². The fourth-order valence-electron chi connectivity index (χ4n) is 1.81. The van der Waals surface area contributed by atoms with Gasteiger partial charge in [-0.2, -0.15) is 13.2 Å². The Hall–Kier alpha value is -1.14. The summed E-state index contributed by atoms with van der Waals surface area (Å²) in [6.45, 7) is 0.125. The summed E-state index contributed by atoms with van der Waals surface area (Å²) in [4.78, 5) is 4.05. The summed E-state index contributed by atoms with van der Waals surface area (Å²) in [5, 5.41) is 0.639. The first-order valence-corrected chi connectivity index (χ1v) is 6.21. The summed E-state index contributed by atoms with van der Waals surface area (Å²) < 4.78 is 37.9. The second-order valence-electron chi connectivity index (χ2n) is 4.10. The monoisotopic (exact) mass is 311 g/mol. The van der Waals surface area contributed by atoms with Crippen LogP contribution >= 0.6 is 23.2 Å². The predicted octanol–water partition coefficient (Wildman–Crippen LogP) is 4.27. The topological polar surface area (TPSA) is 43.8 Å². The first-order valence-electron chi connectivity index (χ1n) is 5.45. The van der Waals surface area contributed by atoms with Gasteiger partial charge in [0.2, 0.25) is 5.95 Å². The Morgan fingerprint density at radius 3 is 2.47 bits per heavy atom. The minimum atomic E-state index is -4.17. The molecule has 2 rings (SSSR count). The second-order valence-corrected chi connectivity index (χ2v) is 4.91.